The van der Waals surface area contributed by atoms with Crippen LogP contribution in [0.5, 0.6) is 0 Å². The molecule has 1 amide bonds. The molecular formula is C22H19BrF4N6O2. The molecule has 13 heteroatoms. The van der Waals surface area contributed by atoms with Crippen LogP contribution in [-0.4, -0.2) is 47.2 Å². The minimum Gasteiger partial charge on any atom is -0.378 e. The number of hydrogen-bond donors (Lipinski definition) is 2. The Morgan fingerprint density at radius 3 is 2.63 bits per heavy atom. The first-order chi connectivity index (χ1) is 16.7. The number of carbonyl (C=O) groups is 1. The fraction of sp³-hybridized carbons (Fsp3) is 0.273. The Morgan fingerprint density at radius 1 is 1.14 bits per heavy atom. The SMILES string of the molecule is O=C(NCc1ncc(F)c(N2CCOCC2)n1)c1cc(Br)c(Nc2cccc(C(F)(F)F)c2)cn1. The third-order valence-corrected chi connectivity index (χ3v) is 5.70. The summed E-state index contributed by atoms with van der Waals surface area (Å²) < 4.78 is 58.6. The van der Waals surface area contributed by atoms with E-state index in [1.54, 1.807) is 4.90 Å². The molecule has 8 nitrogen and oxygen atoms in total. The Bertz CT molecular complexity index is 1220. The molecule has 0 radical (unpaired) electrons. The lowest BCUT2D eigenvalue weighted by molar-refractivity contribution is -0.137. The van der Waals surface area contributed by atoms with E-state index in [2.05, 4.69) is 41.5 Å². The first kappa shape index (κ1) is 24.8. The third-order valence-electron chi connectivity index (χ3n) is 5.05. The second-order valence-corrected chi connectivity index (χ2v) is 8.35. The lowest BCUT2D eigenvalue weighted by atomic mass is 10.2. The lowest BCUT2D eigenvalue weighted by Crippen LogP contribution is -2.37. The fourth-order valence-electron chi connectivity index (χ4n) is 3.30. The van der Waals surface area contributed by atoms with Crippen molar-refractivity contribution in [1.82, 2.24) is 20.3 Å². The van der Waals surface area contributed by atoms with Crippen molar-refractivity contribution in [2.24, 2.45) is 0 Å². The Morgan fingerprint density at radius 2 is 1.91 bits per heavy atom. The average Bonchev–Trinajstić information content (AvgIpc) is 2.85. The number of alkyl halides is 3. The number of morpholine rings is 1. The Hall–Kier alpha value is -3.32. The summed E-state index contributed by atoms with van der Waals surface area (Å²) in [7, 11) is 0. The summed E-state index contributed by atoms with van der Waals surface area (Å²) >= 11 is 3.30. The van der Waals surface area contributed by atoms with Crippen LogP contribution in [-0.2, 0) is 17.5 Å². The van der Waals surface area contributed by atoms with Crippen molar-refractivity contribution in [3.05, 3.63) is 70.1 Å². The van der Waals surface area contributed by atoms with E-state index in [1.165, 1.54) is 24.4 Å². The van der Waals surface area contributed by atoms with E-state index in [9.17, 15) is 22.4 Å². The van der Waals surface area contributed by atoms with E-state index in [1.807, 2.05) is 0 Å². The number of nitrogens with zero attached hydrogens (tertiary/aromatic N) is 4. The van der Waals surface area contributed by atoms with Gasteiger partial charge < -0.3 is 20.3 Å². The molecule has 1 aromatic carbocycles. The highest BCUT2D eigenvalue weighted by Crippen LogP contribution is 2.32. The summed E-state index contributed by atoms with van der Waals surface area (Å²) in [6.07, 6.45) is -2.08. The van der Waals surface area contributed by atoms with E-state index in [0.29, 0.717) is 36.5 Å². The van der Waals surface area contributed by atoms with Gasteiger partial charge in [-0.1, -0.05) is 6.07 Å². The molecular weight excluding hydrogens is 536 g/mol. The number of hydrogen-bond acceptors (Lipinski definition) is 7. The molecule has 4 rings (SSSR count). The van der Waals surface area contributed by atoms with Gasteiger partial charge in [0, 0.05) is 23.2 Å². The van der Waals surface area contributed by atoms with Crippen LogP contribution in [0.4, 0.5) is 34.8 Å². The summed E-state index contributed by atoms with van der Waals surface area (Å²) in [6.45, 7) is 1.88. The maximum Gasteiger partial charge on any atom is 0.416 e. The molecule has 0 bridgehead atoms. The van der Waals surface area contributed by atoms with Gasteiger partial charge in [0.1, 0.15) is 11.5 Å². The zero-order valence-corrected chi connectivity index (χ0v) is 19.7. The predicted molar refractivity (Wildman–Crippen MR) is 123 cm³/mol. The normalized spacial score (nSPS) is 14.0. The van der Waals surface area contributed by atoms with E-state index in [0.717, 1.165) is 18.3 Å². The highest BCUT2D eigenvalue weighted by Gasteiger charge is 2.30. The minimum atomic E-state index is -4.47. The van der Waals surface area contributed by atoms with Crippen molar-refractivity contribution in [2.75, 3.05) is 36.5 Å². The summed E-state index contributed by atoms with van der Waals surface area (Å²) in [5.74, 6) is -0.713. The van der Waals surface area contributed by atoms with Gasteiger partial charge in [0.25, 0.3) is 5.91 Å². The molecule has 35 heavy (non-hydrogen) atoms. The number of rotatable bonds is 6. The number of nitrogens with one attached hydrogen (secondary N) is 2. The molecule has 1 fully saturated rings. The molecule has 0 atom stereocenters. The molecule has 0 spiro atoms. The molecule has 184 valence electrons. The van der Waals surface area contributed by atoms with Gasteiger partial charge in [0.2, 0.25) is 0 Å². The molecule has 2 aromatic heterocycles. The van der Waals surface area contributed by atoms with Crippen LogP contribution in [0.3, 0.4) is 0 Å². The van der Waals surface area contributed by atoms with Gasteiger partial charge in [0.05, 0.1) is 43.4 Å². The third kappa shape index (κ3) is 6.22. The average molecular weight is 555 g/mol. The first-order valence-corrected chi connectivity index (χ1v) is 11.2. The van der Waals surface area contributed by atoms with Crippen LogP contribution < -0.4 is 15.5 Å². The number of carbonyl (C=O) groups excluding carboxylic acids is 1. The number of pyridine rings is 1. The smallest absolute Gasteiger partial charge is 0.378 e. The summed E-state index contributed by atoms with van der Waals surface area (Å²) in [6, 6.07) is 6.14. The van der Waals surface area contributed by atoms with Crippen molar-refractivity contribution >= 4 is 39.0 Å². The maximum atomic E-state index is 14.2. The van der Waals surface area contributed by atoms with E-state index < -0.39 is 23.5 Å². The van der Waals surface area contributed by atoms with Crippen molar-refractivity contribution in [3.63, 3.8) is 0 Å². The summed E-state index contributed by atoms with van der Waals surface area (Å²) in [5.41, 5.74) is -0.147. The lowest BCUT2D eigenvalue weighted by Gasteiger charge is -2.28. The second-order valence-electron chi connectivity index (χ2n) is 7.49. The fourth-order valence-corrected chi connectivity index (χ4v) is 3.72. The number of amides is 1. The molecule has 1 aliphatic rings. The Balaban J connectivity index is 1.41. The Kier molecular flexibility index (Phi) is 7.45. The van der Waals surface area contributed by atoms with E-state index in [-0.39, 0.29) is 29.6 Å². The maximum absolute atomic E-state index is 14.2. The summed E-state index contributed by atoms with van der Waals surface area (Å²) in [4.78, 5) is 26.5. The second kappa shape index (κ2) is 10.5. The topological polar surface area (TPSA) is 92.3 Å². The minimum absolute atomic E-state index is 0.0556. The van der Waals surface area contributed by atoms with Crippen molar-refractivity contribution in [2.45, 2.75) is 12.7 Å². The highest BCUT2D eigenvalue weighted by molar-refractivity contribution is 9.10. The predicted octanol–water partition coefficient (Wildman–Crippen LogP) is 4.30. The van der Waals surface area contributed by atoms with Gasteiger partial charge in [0.15, 0.2) is 11.6 Å². The zero-order valence-electron chi connectivity index (χ0n) is 18.1. The van der Waals surface area contributed by atoms with E-state index >= 15 is 0 Å². The standard InChI is InChI=1S/C22H19BrF4N6O2/c23-15-9-17(28-11-18(15)31-14-3-1-2-13(8-14)22(25,26)27)21(34)30-12-19-29-10-16(24)20(32-19)33-4-6-35-7-5-33/h1-3,8-11,31H,4-7,12H2,(H,30,34). The molecule has 1 saturated heterocycles. The summed E-state index contributed by atoms with van der Waals surface area (Å²) in [5, 5.41) is 5.47. The van der Waals surface area contributed by atoms with Crippen LogP contribution in [0.15, 0.2) is 47.2 Å². The van der Waals surface area contributed by atoms with E-state index in [4.69, 9.17) is 4.74 Å². The molecule has 0 aliphatic carbocycles. The van der Waals surface area contributed by atoms with Crippen molar-refractivity contribution in [1.29, 1.82) is 0 Å². The van der Waals surface area contributed by atoms with Gasteiger partial charge in [-0.25, -0.2) is 19.3 Å². The zero-order chi connectivity index (χ0) is 25.0. The van der Waals surface area contributed by atoms with Gasteiger partial charge in [-0.2, -0.15) is 13.2 Å². The monoisotopic (exact) mass is 554 g/mol. The molecule has 3 heterocycles. The van der Waals surface area contributed by atoms with Crippen LogP contribution in [0.1, 0.15) is 21.9 Å². The molecule has 2 N–H and O–H groups in total. The number of benzene rings is 1. The van der Waals surface area contributed by atoms with Crippen LogP contribution in [0.2, 0.25) is 0 Å². The highest BCUT2D eigenvalue weighted by atomic mass is 79.9. The van der Waals surface area contributed by atoms with Crippen molar-refractivity contribution < 1.29 is 27.1 Å². The molecule has 0 saturated carbocycles. The molecule has 3 aromatic rings. The largest absolute Gasteiger partial charge is 0.416 e. The van der Waals surface area contributed by atoms with Gasteiger partial charge >= 0.3 is 6.18 Å². The van der Waals surface area contributed by atoms with Crippen LogP contribution >= 0.6 is 15.9 Å². The number of aromatic nitrogens is 3. The number of halogens is 5. The number of ether oxygens (including phenoxy) is 1. The Labute approximate surface area is 205 Å². The molecule has 0 unspecified atom stereocenters. The van der Waals surface area contributed by atoms with Gasteiger partial charge in [-0.3, -0.25) is 4.79 Å². The number of anilines is 3. The molecule has 1 aliphatic heterocycles. The van der Waals surface area contributed by atoms with Gasteiger partial charge in [-0.05, 0) is 40.2 Å². The van der Waals surface area contributed by atoms with Crippen molar-refractivity contribution in [3.8, 4) is 0 Å². The van der Waals surface area contributed by atoms with Gasteiger partial charge in [-0.15, -0.1) is 0 Å². The first-order valence-electron chi connectivity index (χ1n) is 10.4. The quantitative estimate of drug-likeness (QED) is 0.439. The van der Waals surface area contributed by atoms with Crippen LogP contribution in [0.25, 0.3) is 0 Å². The van der Waals surface area contributed by atoms with Crippen LogP contribution in [0, 0.1) is 5.82 Å².